The number of imide groups is 1. The van der Waals surface area contributed by atoms with Gasteiger partial charge in [-0.05, 0) is 36.7 Å². The number of fused-ring (bicyclic) bond motifs is 2. The molecule has 1 atom stereocenters. The average molecular weight is 306 g/mol. The van der Waals surface area contributed by atoms with Crippen molar-refractivity contribution in [3.8, 4) is 0 Å². The quantitative estimate of drug-likeness (QED) is 0.801. The highest BCUT2D eigenvalue weighted by Gasteiger charge is 2.38. The SMILES string of the molecule is CN1CCc2ccccc2C1CN1C(=O)c2ccccc2C1=O. The van der Waals surface area contributed by atoms with E-state index in [4.69, 9.17) is 0 Å². The molecular formula is C19H18N2O2. The van der Waals surface area contributed by atoms with Crippen LogP contribution < -0.4 is 0 Å². The fourth-order valence-electron chi connectivity index (χ4n) is 3.59. The maximum atomic E-state index is 12.6. The second kappa shape index (κ2) is 5.32. The molecule has 0 radical (unpaired) electrons. The predicted molar refractivity (Wildman–Crippen MR) is 87.3 cm³/mol. The van der Waals surface area contributed by atoms with E-state index in [1.54, 1.807) is 24.3 Å². The lowest BCUT2D eigenvalue weighted by Crippen LogP contribution is -2.42. The molecule has 0 saturated carbocycles. The second-order valence-electron chi connectivity index (χ2n) is 6.21. The van der Waals surface area contributed by atoms with Crippen molar-refractivity contribution < 1.29 is 9.59 Å². The molecule has 2 aliphatic heterocycles. The van der Waals surface area contributed by atoms with Crippen LogP contribution in [-0.2, 0) is 6.42 Å². The average Bonchev–Trinajstić information content (AvgIpc) is 2.82. The van der Waals surface area contributed by atoms with E-state index in [0.29, 0.717) is 17.7 Å². The Bertz CT molecular complexity index is 764. The van der Waals surface area contributed by atoms with Gasteiger partial charge in [-0.1, -0.05) is 36.4 Å². The van der Waals surface area contributed by atoms with Crippen LogP contribution in [0.2, 0.25) is 0 Å². The number of benzene rings is 2. The fourth-order valence-corrected chi connectivity index (χ4v) is 3.59. The Morgan fingerprint density at radius 3 is 2.26 bits per heavy atom. The Morgan fingerprint density at radius 2 is 1.57 bits per heavy atom. The zero-order valence-corrected chi connectivity index (χ0v) is 13.0. The van der Waals surface area contributed by atoms with Crippen molar-refractivity contribution >= 4 is 11.8 Å². The Kier molecular flexibility index (Phi) is 3.27. The molecule has 116 valence electrons. The zero-order valence-electron chi connectivity index (χ0n) is 13.0. The number of carbonyl (C=O) groups is 2. The Balaban J connectivity index is 1.67. The number of nitrogens with zero attached hydrogens (tertiary/aromatic N) is 2. The lowest BCUT2D eigenvalue weighted by molar-refractivity contribution is 0.0596. The molecular weight excluding hydrogens is 288 g/mol. The largest absolute Gasteiger partial charge is 0.297 e. The molecule has 0 fully saturated rings. The van der Waals surface area contributed by atoms with Gasteiger partial charge in [0.2, 0.25) is 0 Å². The monoisotopic (exact) mass is 306 g/mol. The molecule has 2 heterocycles. The second-order valence-corrected chi connectivity index (χ2v) is 6.21. The van der Waals surface area contributed by atoms with Gasteiger partial charge < -0.3 is 0 Å². The highest BCUT2D eigenvalue weighted by Crippen LogP contribution is 2.32. The standard InChI is InChI=1S/C19H18N2O2/c1-20-11-10-13-6-2-3-7-14(13)17(20)12-21-18(22)15-8-4-5-9-16(15)19(21)23/h2-9,17H,10-12H2,1H3. The number of amides is 2. The minimum atomic E-state index is -0.179. The molecule has 0 saturated heterocycles. The summed E-state index contributed by atoms with van der Waals surface area (Å²) in [6.07, 6.45) is 1.01. The van der Waals surface area contributed by atoms with Gasteiger partial charge in [0, 0.05) is 13.1 Å². The molecule has 0 N–H and O–H groups in total. The molecule has 4 rings (SSSR count). The highest BCUT2D eigenvalue weighted by atomic mass is 16.2. The molecule has 0 aromatic heterocycles. The van der Waals surface area contributed by atoms with Gasteiger partial charge in [-0.15, -0.1) is 0 Å². The van der Waals surface area contributed by atoms with Gasteiger partial charge in [0.15, 0.2) is 0 Å². The Morgan fingerprint density at radius 1 is 0.957 bits per heavy atom. The van der Waals surface area contributed by atoms with E-state index >= 15 is 0 Å². The Labute approximate surface area is 135 Å². The summed E-state index contributed by atoms with van der Waals surface area (Å²) in [5.41, 5.74) is 3.57. The van der Waals surface area contributed by atoms with Crippen molar-refractivity contribution in [2.24, 2.45) is 0 Å². The predicted octanol–water partition coefficient (Wildman–Crippen LogP) is 2.51. The smallest absolute Gasteiger partial charge is 0.261 e. The Hall–Kier alpha value is -2.46. The van der Waals surface area contributed by atoms with Crippen LogP contribution in [0, 0.1) is 0 Å². The molecule has 0 spiro atoms. The zero-order chi connectivity index (χ0) is 16.0. The highest BCUT2D eigenvalue weighted by molar-refractivity contribution is 6.21. The topological polar surface area (TPSA) is 40.6 Å². The fraction of sp³-hybridized carbons (Fsp3) is 0.263. The molecule has 0 aliphatic carbocycles. The molecule has 2 amide bonds. The summed E-state index contributed by atoms with van der Waals surface area (Å²) in [6, 6.07) is 15.4. The first-order valence-corrected chi connectivity index (χ1v) is 7.90. The van der Waals surface area contributed by atoms with E-state index < -0.39 is 0 Å². The van der Waals surface area contributed by atoms with Gasteiger partial charge in [0.05, 0.1) is 17.2 Å². The van der Waals surface area contributed by atoms with Crippen LogP contribution in [0.3, 0.4) is 0 Å². The van der Waals surface area contributed by atoms with E-state index in [2.05, 4.69) is 24.1 Å². The van der Waals surface area contributed by atoms with E-state index in [0.717, 1.165) is 13.0 Å². The van der Waals surface area contributed by atoms with Crippen LogP contribution in [0.1, 0.15) is 37.9 Å². The van der Waals surface area contributed by atoms with Crippen molar-refractivity contribution in [2.75, 3.05) is 20.1 Å². The lowest BCUT2D eigenvalue weighted by Gasteiger charge is -2.36. The van der Waals surface area contributed by atoms with Crippen molar-refractivity contribution in [3.63, 3.8) is 0 Å². The number of carbonyl (C=O) groups excluding carboxylic acids is 2. The lowest BCUT2D eigenvalue weighted by atomic mass is 9.92. The summed E-state index contributed by atoms with van der Waals surface area (Å²) in [7, 11) is 2.05. The summed E-state index contributed by atoms with van der Waals surface area (Å²) in [6.45, 7) is 1.34. The normalized spacial score (nSPS) is 20.6. The molecule has 4 heteroatoms. The van der Waals surface area contributed by atoms with Gasteiger partial charge in [-0.2, -0.15) is 0 Å². The third-order valence-electron chi connectivity index (χ3n) is 4.91. The first kappa shape index (κ1) is 14.2. The van der Waals surface area contributed by atoms with Crippen molar-refractivity contribution in [1.29, 1.82) is 0 Å². The maximum Gasteiger partial charge on any atom is 0.261 e. The molecule has 2 aromatic rings. The van der Waals surface area contributed by atoms with E-state index in [9.17, 15) is 9.59 Å². The van der Waals surface area contributed by atoms with Gasteiger partial charge in [0.25, 0.3) is 11.8 Å². The van der Waals surface area contributed by atoms with Gasteiger partial charge in [-0.25, -0.2) is 0 Å². The molecule has 23 heavy (non-hydrogen) atoms. The van der Waals surface area contributed by atoms with Crippen molar-refractivity contribution in [3.05, 3.63) is 70.8 Å². The third-order valence-corrected chi connectivity index (χ3v) is 4.91. The van der Waals surface area contributed by atoms with Crippen LogP contribution in [0.15, 0.2) is 48.5 Å². The summed E-state index contributed by atoms with van der Waals surface area (Å²) < 4.78 is 0. The van der Waals surface area contributed by atoms with Gasteiger partial charge >= 0.3 is 0 Å². The first-order valence-electron chi connectivity index (χ1n) is 7.90. The summed E-state index contributed by atoms with van der Waals surface area (Å²) in [4.78, 5) is 28.8. The van der Waals surface area contributed by atoms with Crippen molar-refractivity contribution in [1.82, 2.24) is 9.80 Å². The van der Waals surface area contributed by atoms with Crippen LogP contribution in [0.4, 0.5) is 0 Å². The number of hydrogen-bond donors (Lipinski definition) is 0. The molecule has 2 aromatic carbocycles. The molecule has 2 aliphatic rings. The number of hydrogen-bond acceptors (Lipinski definition) is 3. The minimum Gasteiger partial charge on any atom is -0.297 e. The number of rotatable bonds is 2. The van der Waals surface area contributed by atoms with Gasteiger partial charge in [0.1, 0.15) is 0 Å². The molecule has 1 unspecified atom stereocenters. The van der Waals surface area contributed by atoms with E-state index in [1.165, 1.54) is 16.0 Å². The minimum absolute atomic E-state index is 0.0576. The van der Waals surface area contributed by atoms with Crippen molar-refractivity contribution in [2.45, 2.75) is 12.5 Å². The van der Waals surface area contributed by atoms with E-state index in [-0.39, 0.29) is 17.9 Å². The van der Waals surface area contributed by atoms with Crippen LogP contribution in [0.25, 0.3) is 0 Å². The van der Waals surface area contributed by atoms with Crippen LogP contribution in [0.5, 0.6) is 0 Å². The summed E-state index contributed by atoms with van der Waals surface area (Å²) in [5, 5.41) is 0. The molecule has 0 bridgehead atoms. The van der Waals surface area contributed by atoms with Crippen LogP contribution in [-0.4, -0.2) is 41.8 Å². The van der Waals surface area contributed by atoms with E-state index in [1.807, 2.05) is 12.1 Å². The van der Waals surface area contributed by atoms with Crippen LogP contribution >= 0.6 is 0 Å². The molecule has 4 nitrogen and oxygen atoms in total. The van der Waals surface area contributed by atoms with Gasteiger partial charge in [-0.3, -0.25) is 19.4 Å². The third kappa shape index (κ3) is 2.18. The maximum absolute atomic E-state index is 12.6. The summed E-state index contributed by atoms with van der Waals surface area (Å²) >= 11 is 0. The first-order chi connectivity index (χ1) is 11.2. The summed E-state index contributed by atoms with van der Waals surface area (Å²) in [5.74, 6) is -0.357. The number of likely N-dealkylation sites (N-methyl/N-ethyl adjacent to an activating group) is 1.